The fourth-order valence-corrected chi connectivity index (χ4v) is 4.87. The molecule has 1 aliphatic rings. The first-order chi connectivity index (χ1) is 12.7. The van der Waals surface area contributed by atoms with Crippen LogP contribution in [0.4, 0.5) is 13.6 Å². The van der Waals surface area contributed by atoms with Crippen LogP contribution in [-0.4, -0.2) is 26.7 Å². The van der Waals surface area contributed by atoms with Gasteiger partial charge in [-0.1, -0.05) is 48.5 Å². The van der Waals surface area contributed by atoms with Gasteiger partial charge >= 0.3 is 6.03 Å². The Morgan fingerprint density at radius 1 is 1.15 bits per heavy atom. The minimum atomic E-state index is -3.37. The summed E-state index contributed by atoms with van der Waals surface area (Å²) in [5.41, 5.74) is 1.57. The Hall–Kier alpha value is -2.48. The fraction of sp³-hybridized carbons (Fsp3) is 0.316. The lowest BCUT2D eigenvalue weighted by Gasteiger charge is -2.27. The van der Waals surface area contributed by atoms with Crippen molar-refractivity contribution in [1.82, 2.24) is 10.6 Å². The predicted molar refractivity (Wildman–Crippen MR) is 98.3 cm³/mol. The summed E-state index contributed by atoms with van der Waals surface area (Å²) in [4.78, 5) is 12.1. The third kappa shape index (κ3) is 4.44. The molecule has 1 aliphatic heterocycles. The molecule has 0 radical (unpaired) electrons. The highest BCUT2D eigenvalue weighted by Gasteiger charge is 2.34. The van der Waals surface area contributed by atoms with E-state index >= 15 is 0 Å². The van der Waals surface area contributed by atoms with Gasteiger partial charge in [0.1, 0.15) is 0 Å². The van der Waals surface area contributed by atoms with Gasteiger partial charge in [0.05, 0.1) is 24.1 Å². The molecule has 0 spiro atoms. The van der Waals surface area contributed by atoms with E-state index in [2.05, 4.69) is 10.6 Å². The molecule has 0 aromatic heterocycles. The summed E-state index contributed by atoms with van der Waals surface area (Å²) in [6, 6.07) is 11.4. The number of sulfone groups is 1. The Bertz CT molecular complexity index is 961. The molecule has 1 atom stereocenters. The van der Waals surface area contributed by atoms with E-state index in [1.165, 1.54) is 12.1 Å². The number of alkyl halides is 2. The van der Waals surface area contributed by atoms with Crippen LogP contribution < -0.4 is 10.6 Å². The summed E-state index contributed by atoms with van der Waals surface area (Å²) in [7, 11) is -3.37. The lowest BCUT2D eigenvalue weighted by atomic mass is 10.0. The van der Waals surface area contributed by atoms with Crippen molar-refractivity contribution in [3.8, 4) is 0 Å². The maximum absolute atomic E-state index is 14.4. The number of urea groups is 1. The predicted octanol–water partition coefficient (Wildman–Crippen LogP) is 3.06. The van der Waals surface area contributed by atoms with E-state index in [1.54, 1.807) is 43.3 Å². The van der Waals surface area contributed by atoms with E-state index in [9.17, 15) is 22.0 Å². The van der Waals surface area contributed by atoms with Gasteiger partial charge in [-0.2, -0.15) is 8.78 Å². The number of amides is 2. The molecule has 0 saturated carbocycles. The van der Waals surface area contributed by atoms with E-state index in [1.807, 2.05) is 0 Å². The zero-order chi connectivity index (χ0) is 19.7. The van der Waals surface area contributed by atoms with E-state index in [0.717, 1.165) is 0 Å². The second-order valence-corrected chi connectivity index (χ2v) is 8.76. The third-order valence-electron chi connectivity index (χ3n) is 4.54. The molecule has 0 fully saturated rings. The Balaban J connectivity index is 1.69. The van der Waals surface area contributed by atoms with Gasteiger partial charge in [0.2, 0.25) is 0 Å². The molecule has 144 valence electrons. The average Bonchev–Trinajstić information content (AvgIpc) is 2.59. The second kappa shape index (κ2) is 7.26. The standard InChI is InChI=1S/C19H20F2N2O3S/c1-13-6-2-5-9-16(13)19(20,21)12-22-18(24)23-17-11-27(25,26)10-14-7-3-4-8-15(14)17/h2-9,17H,10-12H2,1H3,(H2,22,23,24). The number of benzene rings is 2. The maximum Gasteiger partial charge on any atom is 0.315 e. The molecule has 2 aromatic carbocycles. The molecule has 0 bridgehead atoms. The summed E-state index contributed by atoms with van der Waals surface area (Å²) in [6.45, 7) is 0.692. The van der Waals surface area contributed by atoms with E-state index in [4.69, 9.17) is 0 Å². The first kappa shape index (κ1) is 19.3. The lowest BCUT2D eigenvalue weighted by Crippen LogP contribution is -2.45. The first-order valence-electron chi connectivity index (χ1n) is 8.44. The molecule has 1 unspecified atom stereocenters. The first-order valence-corrected chi connectivity index (χ1v) is 10.3. The summed E-state index contributed by atoms with van der Waals surface area (Å²) in [6.07, 6.45) is 0. The van der Waals surface area contributed by atoms with Crippen LogP contribution in [0.3, 0.4) is 0 Å². The number of carbonyl (C=O) groups excluding carboxylic acids is 1. The van der Waals surface area contributed by atoms with Gasteiger partial charge in [-0.3, -0.25) is 0 Å². The minimum Gasteiger partial charge on any atom is -0.332 e. The maximum atomic E-state index is 14.4. The molecule has 8 heteroatoms. The molecule has 0 saturated heterocycles. The normalized spacial score (nSPS) is 18.4. The van der Waals surface area contributed by atoms with Crippen LogP contribution >= 0.6 is 0 Å². The zero-order valence-electron chi connectivity index (χ0n) is 14.7. The third-order valence-corrected chi connectivity index (χ3v) is 6.13. The minimum absolute atomic E-state index is 0.0890. The van der Waals surface area contributed by atoms with E-state index < -0.39 is 34.4 Å². The second-order valence-electron chi connectivity index (χ2n) is 6.65. The molecular weight excluding hydrogens is 374 g/mol. The van der Waals surface area contributed by atoms with Gasteiger partial charge in [0.25, 0.3) is 5.92 Å². The molecule has 2 N–H and O–H groups in total. The number of rotatable bonds is 4. The van der Waals surface area contributed by atoms with Crippen LogP contribution in [-0.2, 0) is 21.5 Å². The monoisotopic (exact) mass is 394 g/mol. The molecule has 0 aliphatic carbocycles. The SMILES string of the molecule is Cc1ccccc1C(F)(F)CNC(=O)NC1CS(=O)(=O)Cc2ccccc21. The summed E-state index contributed by atoms with van der Waals surface area (Å²) in [5, 5.41) is 4.67. The Kier molecular flexibility index (Phi) is 5.19. The van der Waals surface area contributed by atoms with Crippen LogP contribution in [0.2, 0.25) is 0 Å². The summed E-state index contributed by atoms with van der Waals surface area (Å²) >= 11 is 0. The van der Waals surface area contributed by atoms with Crippen LogP contribution in [0.5, 0.6) is 0 Å². The van der Waals surface area contributed by atoms with Crippen LogP contribution in [0, 0.1) is 6.92 Å². The highest BCUT2D eigenvalue weighted by Crippen LogP contribution is 2.30. The van der Waals surface area contributed by atoms with Gasteiger partial charge in [-0.15, -0.1) is 0 Å². The average molecular weight is 394 g/mol. The van der Waals surface area contributed by atoms with Crippen LogP contribution in [0.1, 0.15) is 28.3 Å². The van der Waals surface area contributed by atoms with Gasteiger partial charge in [0.15, 0.2) is 9.84 Å². The summed E-state index contributed by atoms with van der Waals surface area (Å²) in [5.74, 6) is -3.58. The number of aryl methyl sites for hydroxylation is 1. The number of fused-ring (bicyclic) bond motifs is 1. The Morgan fingerprint density at radius 2 is 1.81 bits per heavy atom. The molecule has 1 heterocycles. The highest BCUT2D eigenvalue weighted by molar-refractivity contribution is 7.90. The Morgan fingerprint density at radius 3 is 2.56 bits per heavy atom. The quantitative estimate of drug-likeness (QED) is 0.837. The fourth-order valence-electron chi connectivity index (χ4n) is 3.24. The smallest absolute Gasteiger partial charge is 0.315 e. The molecule has 3 rings (SSSR count). The zero-order valence-corrected chi connectivity index (χ0v) is 15.5. The molecule has 27 heavy (non-hydrogen) atoms. The Labute approximate surface area is 156 Å². The van der Waals surface area contributed by atoms with Gasteiger partial charge < -0.3 is 10.6 Å². The van der Waals surface area contributed by atoms with Gasteiger partial charge in [-0.05, 0) is 23.6 Å². The number of hydrogen-bond donors (Lipinski definition) is 2. The number of nitrogens with one attached hydrogen (secondary N) is 2. The largest absolute Gasteiger partial charge is 0.332 e. The van der Waals surface area contributed by atoms with Crippen molar-refractivity contribution in [2.45, 2.75) is 24.6 Å². The van der Waals surface area contributed by atoms with E-state index in [-0.39, 0.29) is 17.1 Å². The van der Waals surface area contributed by atoms with Crippen LogP contribution in [0.25, 0.3) is 0 Å². The van der Waals surface area contributed by atoms with Crippen molar-refractivity contribution in [1.29, 1.82) is 0 Å². The van der Waals surface area contributed by atoms with Gasteiger partial charge in [0, 0.05) is 5.56 Å². The number of hydrogen-bond acceptors (Lipinski definition) is 3. The topological polar surface area (TPSA) is 75.3 Å². The van der Waals surface area contributed by atoms with Crippen LogP contribution in [0.15, 0.2) is 48.5 Å². The summed E-state index contributed by atoms with van der Waals surface area (Å²) < 4.78 is 52.9. The number of carbonyl (C=O) groups is 1. The number of halogens is 2. The lowest BCUT2D eigenvalue weighted by molar-refractivity contribution is -0.00116. The molecular formula is C19H20F2N2O3S. The molecule has 2 aromatic rings. The van der Waals surface area contributed by atoms with Crippen molar-refractivity contribution in [3.63, 3.8) is 0 Å². The van der Waals surface area contributed by atoms with Crippen molar-refractivity contribution in [3.05, 3.63) is 70.8 Å². The highest BCUT2D eigenvalue weighted by atomic mass is 32.2. The van der Waals surface area contributed by atoms with Crippen molar-refractivity contribution in [2.75, 3.05) is 12.3 Å². The van der Waals surface area contributed by atoms with Gasteiger partial charge in [-0.25, -0.2) is 13.2 Å². The van der Waals surface area contributed by atoms with E-state index in [0.29, 0.717) is 16.7 Å². The molecule has 5 nitrogen and oxygen atoms in total. The van der Waals surface area contributed by atoms with Crippen molar-refractivity contribution < 1.29 is 22.0 Å². The van der Waals surface area contributed by atoms with Crippen molar-refractivity contribution >= 4 is 15.9 Å². The van der Waals surface area contributed by atoms with Crippen molar-refractivity contribution in [2.24, 2.45) is 0 Å². The molecule has 2 amide bonds.